The number of carbonyl (C=O) groups is 2. The molecule has 1 aromatic carbocycles. The molecule has 0 aliphatic carbocycles. The summed E-state index contributed by atoms with van der Waals surface area (Å²) in [5.41, 5.74) is 7.55. The van der Waals surface area contributed by atoms with E-state index in [1.54, 1.807) is 11.1 Å². The molecule has 0 bridgehead atoms. The quantitative estimate of drug-likeness (QED) is 0.296. The first-order valence-corrected chi connectivity index (χ1v) is 13.3. The van der Waals surface area contributed by atoms with Gasteiger partial charge in [-0.1, -0.05) is 6.42 Å². The van der Waals surface area contributed by atoms with E-state index in [2.05, 4.69) is 28.1 Å². The molecule has 2 aliphatic heterocycles. The third-order valence-electron chi connectivity index (χ3n) is 6.00. The molecule has 9 nitrogen and oxygen atoms in total. The molecule has 2 aromatic heterocycles. The van der Waals surface area contributed by atoms with E-state index in [0.29, 0.717) is 24.1 Å². The van der Waals surface area contributed by atoms with Crippen LogP contribution in [0, 0.1) is 19.8 Å². The van der Waals surface area contributed by atoms with Gasteiger partial charge in [0, 0.05) is 48.7 Å². The summed E-state index contributed by atoms with van der Waals surface area (Å²) in [5.74, 6) is 1.49. The molecule has 2 amide bonds. The molecule has 196 valence electrons. The van der Waals surface area contributed by atoms with Crippen LogP contribution in [0.3, 0.4) is 0 Å². The number of nitrogens with two attached hydrogens (primary N) is 1. The number of amides is 2. The highest BCUT2D eigenvalue weighted by molar-refractivity contribution is 7.13. The van der Waals surface area contributed by atoms with Gasteiger partial charge in [-0.15, -0.1) is 24.2 Å². The fourth-order valence-corrected chi connectivity index (χ4v) is 4.76. The summed E-state index contributed by atoms with van der Waals surface area (Å²) >= 11 is 1.43. The van der Waals surface area contributed by atoms with Crippen molar-refractivity contribution in [2.45, 2.75) is 45.4 Å². The van der Waals surface area contributed by atoms with Crippen LogP contribution in [-0.4, -0.2) is 58.7 Å². The lowest BCUT2D eigenvalue weighted by Crippen LogP contribution is -2.41. The number of terminal acetylenes is 1. The molecule has 37 heavy (non-hydrogen) atoms. The number of anilines is 1. The maximum absolute atomic E-state index is 11.9. The third-order valence-corrected chi connectivity index (χ3v) is 6.67. The zero-order chi connectivity index (χ0) is 26.6. The molecule has 5 rings (SSSR count). The summed E-state index contributed by atoms with van der Waals surface area (Å²) in [6.45, 7) is 4.74. The highest BCUT2D eigenvalue weighted by Crippen LogP contribution is 2.23. The van der Waals surface area contributed by atoms with Crippen LogP contribution in [0.4, 0.5) is 10.8 Å². The Morgan fingerprint density at radius 2 is 1.92 bits per heavy atom. The highest BCUT2D eigenvalue weighted by Gasteiger charge is 2.23. The molecule has 3 N–H and O–H groups in total. The van der Waals surface area contributed by atoms with Crippen LogP contribution in [-0.2, 0) is 9.59 Å². The van der Waals surface area contributed by atoms with Gasteiger partial charge in [-0.3, -0.25) is 9.59 Å². The van der Waals surface area contributed by atoms with Crippen molar-refractivity contribution in [2.75, 3.05) is 31.5 Å². The molecule has 0 spiro atoms. The van der Waals surface area contributed by atoms with E-state index in [4.69, 9.17) is 10.2 Å². The van der Waals surface area contributed by atoms with Crippen LogP contribution in [0.15, 0.2) is 45.3 Å². The Morgan fingerprint density at radius 1 is 1.16 bits per heavy atom. The van der Waals surface area contributed by atoms with Gasteiger partial charge in [0.2, 0.25) is 22.9 Å². The Hall–Kier alpha value is -3.84. The zero-order valence-electron chi connectivity index (χ0n) is 21.2. The standard InChI is InChI=1S/C13H12N4OS.C12H20N2O2.C2H2/c1-8-6-9-7-10(2-3-11(9)18-8)16-12(14)17-13-15-4-5-19-13;15-11-6-2-1-3-9-14(11)10-12(16)13-7-4-5-8-13;1-2/h2-7H,1H3,(H3,14,15,16,17);1-10H2;1-2H. The second-order valence-corrected chi connectivity index (χ2v) is 9.63. The molecule has 0 unspecified atom stereocenters. The molecular weight excluding hydrogens is 488 g/mol. The smallest absolute Gasteiger partial charge is 0.242 e. The van der Waals surface area contributed by atoms with Crippen molar-refractivity contribution < 1.29 is 14.0 Å². The van der Waals surface area contributed by atoms with Crippen LogP contribution < -0.4 is 11.1 Å². The molecule has 4 heterocycles. The van der Waals surface area contributed by atoms with Crippen molar-refractivity contribution in [1.29, 1.82) is 0 Å². The first kappa shape index (κ1) is 27.7. The van der Waals surface area contributed by atoms with Crippen molar-refractivity contribution in [1.82, 2.24) is 14.8 Å². The van der Waals surface area contributed by atoms with E-state index in [-0.39, 0.29) is 11.8 Å². The number of likely N-dealkylation sites (tertiary alicyclic amines) is 2. The second-order valence-electron chi connectivity index (χ2n) is 8.76. The maximum Gasteiger partial charge on any atom is 0.242 e. The monoisotopic (exact) mass is 522 g/mol. The normalized spacial score (nSPS) is 15.9. The van der Waals surface area contributed by atoms with Gasteiger partial charge < -0.3 is 25.3 Å². The summed E-state index contributed by atoms with van der Waals surface area (Å²) in [4.78, 5) is 35.5. The molecule has 0 radical (unpaired) electrons. The Balaban J connectivity index is 0.000000195. The number of aliphatic imine (C=N–C) groups is 1. The van der Waals surface area contributed by atoms with Gasteiger partial charge in [0.25, 0.3) is 0 Å². The van der Waals surface area contributed by atoms with E-state index in [1.165, 1.54) is 11.3 Å². The average molecular weight is 523 g/mol. The topological polar surface area (TPSA) is 117 Å². The number of aryl methyl sites for hydroxylation is 1. The van der Waals surface area contributed by atoms with Gasteiger partial charge in [-0.25, -0.2) is 4.98 Å². The number of thiazole rings is 1. The largest absolute Gasteiger partial charge is 0.461 e. The number of rotatable bonds is 4. The van der Waals surface area contributed by atoms with Crippen LogP contribution in [0.25, 0.3) is 11.0 Å². The minimum absolute atomic E-state index is 0.132. The predicted octanol–water partition coefficient (Wildman–Crippen LogP) is 4.52. The first-order valence-electron chi connectivity index (χ1n) is 12.4. The summed E-state index contributed by atoms with van der Waals surface area (Å²) in [6.07, 6.45) is 15.7. The molecule has 10 heteroatoms. The molecular formula is C27H34N6O3S. The summed E-state index contributed by atoms with van der Waals surface area (Å²) in [7, 11) is 0. The fourth-order valence-electron chi connectivity index (χ4n) is 4.24. The first-order chi connectivity index (χ1) is 18.0. The van der Waals surface area contributed by atoms with E-state index < -0.39 is 0 Å². The lowest BCUT2D eigenvalue weighted by molar-refractivity contribution is -0.139. The van der Waals surface area contributed by atoms with Crippen LogP contribution >= 0.6 is 11.3 Å². The molecule has 2 aliphatic rings. The highest BCUT2D eigenvalue weighted by atomic mass is 32.1. The number of furan rings is 1. The summed E-state index contributed by atoms with van der Waals surface area (Å²) in [6, 6.07) is 7.75. The Kier molecular flexibility index (Phi) is 10.5. The van der Waals surface area contributed by atoms with Crippen molar-refractivity contribution in [3.8, 4) is 12.8 Å². The molecule has 0 saturated carbocycles. The van der Waals surface area contributed by atoms with Gasteiger partial charge in [-0.05, 0) is 56.9 Å². The van der Waals surface area contributed by atoms with E-state index in [0.717, 1.165) is 74.2 Å². The van der Waals surface area contributed by atoms with Gasteiger partial charge in [0.05, 0.1) is 6.54 Å². The fraction of sp³-hybridized carbons (Fsp3) is 0.407. The molecule has 3 aromatic rings. The molecule has 2 fully saturated rings. The van der Waals surface area contributed by atoms with Gasteiger partial charge in [0.15, 0.2) is 0 Å². The maximum atomic E-state index is 11.9. The Bertz CT molecular complexity index is 1210. The van der Waals surface area contributed by atoms with Crippen molar-refractivity contribution in [3.63, 3.8) is 0 Å². The Labute approximate surface area is 221 Å². The lowest BCUT2D eigenvalue weighted by Gasteiger charge is -2.23. The number of guanidine groups is 1. The number of aromatic nitrogens is 1. The number of fused-ring (bicyclic) bond motifs is 1. The predicted molar refractivity (Wildman–Crippen MR) is 149 cm³/mol. The van der Waals surface area contributed by atoms with Gasteiger partial charge in [-0.2, -0.15) is 4.99 Å². The number of benzene rings is 1. The minimum Gasteiger partial charge on any atom is -0.461 e. The van der Waals surface area contributed by atoms with E-state index >= 15 is 0 Å². The second kappa shape index (κ2) is 14.0. The van der Waals surface area contributed by atoms with Crippen LogP contribution in [0.1, 0.15) is 44.3 Å². The van der Waals surface area contributed by atoms with E-state index in [1.807, 2.05) is 41.5 Å². The number of nitrogens with one attached hydrogen (secondary N) is 1. The average Bonchev–Trinajstić information content (AvgIpc) is 3.64. The third kappa shape index (κ3) is 8.36. The van der Waals surface area contributed by atoms with Crippen molar-refractivity contribution in [3.05, 3.63) is 41.6 Å². The molecule has 2 saturated heterocycles. The van der Waals surface area contributed by atoms with Gasteiger partial charge >= 0.3 is 0 Å². The number of nitrogens with zero attached hydrogens (tertiary/aromatic N) is 4. The van der Waals surface area contributed by atoms with Crippen LogP contribution in [0.2, 0.25) is 0 Å². The van der Waals surface area contributed by atoms with Crippen LogP contribution in [0.5, 0.6) is 0 Å². The SMILES string of the molecule is C#C.Cc1cc2cc(N/C(N)=N\c3nccs3)ccc2o1.O=C(CN1CCCCCC1=O)N1CCCC1. The zero-order valence-corrected chi connectivity index (χ0v) is 22.0. The number of carbonyl (C=O) groups excluding carboxylic acids is 2. The number of hydrogen-bond acceptors (Lipinski definition) is 6. The van der Waals surface area contributed by atoms with Crippen molar-refractivity contribution in [2.24, 2.45) is 10.7 Å². The minimum atomic E-state index is 0.132. The van der Waals surface area contributed by atoms with Crippen molar-refractivity contribution >= 4 is 50.9 Å². The molecule has 0 atom stereocenters. The summed E-state index contributed by atoms with van der Waals surface area (Å²) in [5, 5.41) is 6.55. The Morgan fingerprint density at radius 3 is 2.65 bits per heavy atom. The summed E-state index contributed by atoms with van der Waals surface area (Å²) < 4.78 is 5.52. The van der Waals surface area contributed by atoms with Gasteiger partial charge in [0.1, 0.15) is 11.3 Å². The van der Waals surface area contributed by atoms with E-state index in [9.17, 15) is 9.59 Å². The number of hydrogen-bond donors (Lipinski definition) is 2. The lowest BCUT2D eigenvalue weighted by atomic mass is 10.2.